The highest BCUT2D eigenvalue weighted by Crippen LogP contribution is 2.56. The molecule has 2 unspecified atom stereocenters. The predicted octanol–water partition coefficient (Wildman–Crippen LogP) is 13.0. The number of benzene rings is 2. The fraction of sp³-hybridized carbons (Fsp3) is 0.318. The lowest BCUT2D eigenvalue weighted by Gasteiger charge is -2.32. The monoisotopic (exact) mass is 772 g/mol. The van der Waals surface area contributed by atoms with Crippen LogP contribution in [0.25, 0.3) is 0 Å². The van der Waals surface area contributed by atoms with E-state index in [-0.39, 0.29) is 11.8 Å². The molecule has 0 nitrogen and oxygen atoms in total. The van der Waals surface area contributed by atoms with Crippen molar-refractivity contribution in [2.45, 2.75) is 89.6 Å². The largest absolute Gasteiger partial charge is 0.134 e. The summed E-state index contributed by atoms with van der Waals surface area (Å²) in [5.41, 5.74) is 12.0. The molecule has 260 valence electrons. The Bertz CT molecular complexity index is 1950. The lowest BCUT2D eigenvalue weighted by atomic mass is 9.81. The molecule has 0 bridgehead atoms. The third-order valence-corrected chi connectivity index (χ3v) is 16.3. The SMILES string of the molecule is CC1=CC2=C(C=CC=CC2c2cc(C)c([Si](C)(C)C)c(Cl)c2)[C]1CC(Cl)(Cl)[C]1C(C)=CC2=C1C=CC=CC2c1cc(C)c([Si](C)(C)C)c(Cl)c1. The van der Waals surface area contributed by atoms with Gasteiger partial charge in [0.05, 0.1) is 22.1 Å². The maximum Gasteiger partial charge on any atom is 0.134 e. The van der Waals surface area contributed by atoms with Crippen LogP contribution >= 0.6 is 46.4 Å². The number of rotatable bonds is 7. The number of aryl methyl sites for hydroxylation is 2. The Kier molecular flexibility index (Phi) is 10.4. The second-order valence-electron chi connectivity index (χ2n) is 16.5. The van der Waals surface area contributed by atoms with Gasteiger partial charge >= 0.3 is 0 Å². The standard InChI is InChI=1S/C44H48Cl4Si2/c1-26-21-36-32(30-19-28(3)42(39(45)23-30)49(5,6)7)15-11-13-17-34(36)38(26)25-44(47,48)41-27(2)22-37-33(16-12-14-18-35(37)41)31-20-29(4)43(40(46)24-31)50(8,9)10/h11-24,32-33H,25H2,1-10H3. The van der Waals surface area contributed by atoms with E-state index in [1.807, 2.05) is 0 Å². The number of hydrogen-bond acceptors (Lipinski definition) is 0. The van der Waals surface area contributed by atoms with Gasteiger partial charge in [-0.05, 0) is 90.0 Å². The van der Waals surface area contributed by atoms with Crippen LogP contribution in [0, 0.1) is 25.7 Å². The van der Waals surface area contributed by atoms with Gasteiger partial charge in [0.25, 0.3) is 0 Å². The molecule has 0 amide bonds. The van der Waals surface area contributed by atoms with Gasteiger partial charge in [-0.25, -0.2) is 0 Å². The van der Waals surface area contributed by atoms with Crippen molar-refractivity contribution in [1.29, 1.82) is 0 Å². The fourth-order valence-corrected chi connectivity index (χ4v) is 15.8. The molecule has 4 aliphatic rings. The summed E-state index contributed by atoms with van der Waals surface area (Å²) in [6.45, 7) is 22.8. The zero-order chi connectivity index (χ0) is 36.5. The molecule has 0 aromatic heterocycles. The van der Waals surface area contributed by atoms with E-state index in [2.05, 4.69) is 152 Å². The van der Waals surface area contributed by atoms with E-state index < -0.39 is 20.5 Å². The first-order valence-electron chi connectivity index (χ1n) is 17.6. The summed E-state index contributed by atoms with van der Waals surface area (Å²) in [6, 6.07) is 9.03. The highest BCUT2D eigenvalue weighted by Gasteiger charge is 2.46. The van der Waals surface area contributed by atoms with Crippen molar-refractivity contribution >= 4 is 72.9 Å². The Morgan fingerprint density at radius 1 is 0.600 bits per heavy atom. The van der Waals surface area contributed by atoms with Crippen molar-refractivity contribution in [3.05, 3.63) is 163 Å². The van der Waals surface area contributed by atoms with Crippen LogP contribution in [0.2, 0.25) is 49.3 Å². The first-order valence-corrected chi connectivity index (χ1v) is 26.1. The van der Waals surface area contributed by atoms with Crippen LogP contribution < -0.4 is 10.4 Å². The third kappa shape index (κ3) is 7.03. The minimum Gasteiger partial charge on any atom is -0.100 e. The van der Waals surface area contributed by atoms with Crippen LogP contribution in [-0.2, 0) is 0 Å². The first kappa shape index (κ1) is 37.7. The number of allylic oxidation sites excluding steroid dienone is 16. The molecule has 4 aliphatic carbocycles. The van der Waals surface area contributed by atoms with Gasteiger partial charge < -0.3 is 0 Å². The summed E-state index contributed by atoms with van der Waals surface area (Å²) in [5.74, 6) is 2.28. The van der Waals surface area contributed by atoms with Crippen molar-refractivity contribution in [3.63, 3.8) is 0 Å². The average molecular weight is 775 g/mol. The molecule has 0 aliphatic heterocycles. The van der Waals surface area contributed by atoms with Crippen LogP contribution in [0.1, 0.15) is 54.4 Å². The zero-order valence-corrected chi connectivity index (χ0v) is 36.0. The third-order valence-electron chi connectivity index (χ3n) is 10.5. The quantitative estimate of drug-likeness (QED) is 0.194. The molecule has 0 saturated heterocycles. The average Bonchev–Trinajstić information content (AvgIpc) is 3.25. The Labute approximate surface area is 323 Å². The fourth-order valence-electron chi connectivity index (χ4n) is 8.69. The second kappa shape index (κ2) is 13.7. The second-order valence-corrected chi connectivity index (χ2v) is 28.8. The highest BCUT2D eigenvalue weighted by atomic mass is 35.5. The summed E-state index contributed by atoms with van der Waals surface area (Å²) in [5, 5.41) is 4.42. The summed E-state index contributed by atoms with van der Waals surface area (Å²) < 4.78 is -1.15. The van der Waals surface area contributed by atoms with Crippen molar-refractivity contribution in [2.75, 3.05) is 0 Å². The van der Waals surface area contributed by atoms with Crippen molar-refractivity contribution < 1.29 is 0 Å². The minimum atomic E-state index is -1.60. The van der Waals surface area contributed by atoms with E-state index in [0.717, 1.165) is 27.1 Å². The lowest BCUT2D eigenvalue weighted by molar-refractivity contribution is 0.764. The van der Waals surface area contributed by atoms with Crippen LogP contribution in [0.4, 0.5) is 0 Å². The molecule has 0 saturated carbocycles. The number of halogens is 4. The van der Waals surface area contributed by atoms with Gasteiger partial charge in [0, 0.05) is 27.8 Å². The molecule has 0 N–H and O–H groups in total. The molecule has 50 heavy (non-hydrogen) atoms. The first-order chi connectivity index (χ1) is 23.3. The van der Waals surface area contributed by atoms with Crippen molar-refractivity contribution in [2.24, 2.45) is 0 Å². The highest BCUT2D eigenvalue weighted by molar-refractivity contribution is 6.91. The Morgan fingerprint density at radius 2 is 1.04 bits per heavy atom. The van der Waals surface area contributed by atoms with E-state index in [1.54, 1.807) is 0 Å². The minimum absolute atomic E-state index is 0.0396. The molecule has 0 spiro atoms. The van der Waals surface area contributed by atoms with E-state index in [0.29, 0.717) is 6.42 Å². The van der Waals surface area contributed by atoms with Crippen molar-refractivity contribution in [1.82, 2.24) is 0 Å². The van der Waals surface area contributed by atoms with E-state index in [1.165, 1.54) is 60.8 Å². The summed E-state index contributed by atoms with van der Waals surface area (Å²) in [7, 11) is -3.20. The summed E-state index contributed by atoms with van der Waals surface area (Å²) in [6.07, 6.45) is 22.5. The molecule has 6 rings (SSSR count). The molecule has 2 atom stereocenters. The molecular weight excluding hydrogens is 726 g/mol. The molecule has 2 radical (unpaired) electrons. The van der Waals surface area contributed by atoms with Crippen LogP contribution in [0.15, 0.2) is 118 Å². The van der Waals surface area contributed by atoms with E-state index >= 15 is 0 Å². The van der Waals surface area contributed by atoms with Crippen LogP contribution in [0.5, 0.6) is 0 Å². The summed E-state index contributed by atoms with van der Waals surface area (Å²) in [4.78, 5) is 0. The molecule has 2 aromatic carbocycles. The van der Waals surface area contributed by atoms with Crippen LogP contribution in [-0.4, -0.2) is 20.5 Å². The molecule has 0 fully saturated rings. The van der Waals surface area contributed by atoms with Gasteiger partial charge in [-0.2, -0.15) is 0 Å². The van der Waals surface area contributed by atoms with Gasteiger partial charge in [-0.1, -0.05) is 158 Å². The predicted molar refractivity (Wildman–Crippen MR) is 227 cm³/mol. The molecule has 0 heterocycles. The van der Waals surface area contributed by atoms with Gasteiger partial charge in [0.1, 0.15) is 4.33 Å². The number of hydrogen-bond donors (Lipinski definition) is 0. The molecular formula is C44H48Cl4Si2. The maximum absolute atomic E-state index is 7.56. The van der Waals surface area contributed by atoms with E-state index in [9.17, 15) is 0 Å². The van der Waals surface area contributed by atoms with Gasteiger partial charge in [0.15, 0.2) is 0 Å². The molecule has 6 heteroatoms. The molecule has 2 aromatic rings. The zero-order valence-electron chi connectivity index (χ0n) is 31.0. The van der Waals surface area contributed by atoms with E-state index in [4.69, 9.17) is 46.4 Å². The van der Waals surface area contributed by atoms with Gasteiger partial charge in [0.2, 0.25) is 0 Å². The van der Waals surface area contributed by atoms with Crippen molar-refractivity contribution in [3.8, 4) is 0 Å². The topological polar surface area (TPSA) is 0 Å². The Hall–Kier alpha value is -2.05. The smallest absolute Gasteiger partial charge is 0.100 e. The van der Waals surface area contributed by atoms with Crippen LogP contribution in [0.3, 0.4) is 0 Å². The van der Waals surface area contributed by atoms with Gasteiger partial charge in [-0.3, -0.25) is 0 Å². The Balaban J connectivity index is 1.34. The number of alkyl halides is 2. The Morgan fingerprint density at radius 3 is 1.50 bits per heavy atom. The summed E-state index contributed by atoms with van der Waals surface area (Å²) >= 11 is 29.1. The maximum atomic E-state index is 7.56. The van der Waals surface area contributed by atoms with Gasteiger partial charge in [-0.15, -0.1) is 23.2 Å². The lowest BCUT2D eigenvalue weighted by Crippen LogP contribution is -2.40. The normalized spacial score (nSPS) is 21.5.